The van der Waals surface area contributed by atoms with Gasteiger partial charge in [0.15, 0.2) is 5.65 Å². The second-order valence-corrected chi connectivity index (χ2v) is 6.83. The third-order valence-corrected chi connectivity index (χ3v) is 5.07. The Kier molecular flexibility index (Phi) is 4.03. The van der Waals surface area contributed by atoms with Gasteiger partial charge in [0.25, 0.3) is 5.91 Å². The first-order valence-electron chi connectivity index (χ1n) is 8.77. The van der Waals surface area contributed by atoms with E-state index in [0.717, 1.165) is 13.0 Å². The van der Waals surface area contributed by atoms with Crippen molar-refractivity contribution in [3.8, 4) is 0 Å². The van der Waals surface area contributed by atoms with Gasteiger partial charge in [0.05, 0.1) is 11.8 Å². The lowest BCUT2D eigenvalue weighted by atomic mass is 9.98. The molecule has 1 aliphatic carbocycles. The molecule has 2 atom stereocenters. The Bertz CT molecular complexity index is 800. The molecule has 1 saturated heterocycles. The smallest absolute Gasteiger partial charge is 0.255 e. The number of nitrogens with one attached hydrogen (secondary N) is 3. The fourth-order valence-electron chi connectivity index (χ4n) is 3.68. The molecular formula is C17H22N6O2. The van der Waals surface area contributed by atoms with Gasteiger partial charge in [-0.15, -0.1) is 0 Å². The zero-order valence-corrected chi connectivity index (χ0v) is 14.2. The third kappa shape index (κ3) is 3.04. The van der Waals surface area contributed by atoms with E-state index in [1.165, 1.54) is 12.8 Å². The monoisotopic (exact) mass is 342 g/mol. The number of amides is 2. The number of aromatic amines is 1. The van der Waals surface area contributed by atoms with Crippen LogP contribution in [0.4, 0.5) is 5.82 Å². The van der Waals surface area contributed by atoms with Crippen LogP contribution in [0.3, 0.4) is 0 Å². The summed E-state index contributed by atoms with van der Waals surface area (Å²) in [6, 6.07) is 0.177. The van der Waals surface area contributed by atoms with E-state index in [2.05, 4.69) is 25.6 Å². The third-order valence-electron chi connectivity index (χ3n) is 5.07. The van der Waals surface area contributed by atoms with Crippen LogP contribution >= 0.6 is 0 Å². The SMILES string of the molecule is CCNC(=O)c1c[nH]c2ncc(NC3CN(C=O)CC3C3CC3)nc12. The number of carbonyl (C=O) groups is 2. The highest BCUT2D eigenvalue weighted by atomic mass is 16.1. The molecule has 0 aromatic carbocycles. The summed E-state index contributed by atoms with van der Waals surface area (Å²) in [6.07, 6.45) is 6.70. The molecular weight excluding hydrogens is 320 g/mol. The maximum Gasteiger partial charge on any atom is 0.255 e. The number of likely N-dealkylation sites (tertiary alicyclic amines) is 1. The van der Waals surface area contributed by atoms with E-state index < -0.39 is 0 Å². The molecule has 0 bridgehead atoms. The number of H-pyrrole nitrogens is 1. The lowest BCUT2D eigenvalue weighted by Crippen LogP contribution is -2.30. The van der Waals surface area contributed by atoms with E-state index in [1.54, 1.807) is 12.4 Å². The van der Waals surface area contributed by atoms with Gasteiger partial charge in [-0.3, -0.25) is 9.59 Å². The number of anilines is 1. The molecule has 1 aliphatic heterocycles. The Morgan fingerprint density at radius 2 is 2.28 bits per heavy atom. The summed E-state index contributed by atoms with van der Waals surface area (Å²) in [6.45, 7) is 3.92. The largest absolute Gasteiger partial charge is 0.364 e. The second-order valence-electron chi connectivity index (χ2n) is 6.83. The topological polar surface area (TPSA) is 103 Å². The molecule has 2 aliphatic rings. The van der Waals surface area contributed by atoms with E-state index in [9.17, 15) is 9.59 Å². The predicted octanol–water partition coefficient (Wildman–Crippen LogP) is 0.986. The van der Waals surface area contributed by atoms with Crippen LogP contribution in [-0.2, 0) is 4.79 Å². The van der Waals surface area contributed by atoms with Gasteiger partial charge in [-0.05, 0) is 25.7 Å². The van der Waals surface area contributed by atoms with Crippen molar-refractivity contribution in [3.63, 3.8) is 0 Å². The number of carbonyl (C=O) groups excluding carboxylic acids is 2. The summed E-state index contributed by atoms with van der Waals surface area (Å²) in [7, 11) is 0. The van der Waals surface area contributed by atoms with Gasteiger partial charge in [-0.1, -0.05) is 0 Å². The van der Waals surface area contributed by atoms with Crippen molar-refractivity contribution in [2.45, 2.75) is 25.8 Å². The van der Waals surface area contributed by atoms with Gasteiger partial charge in [0.2, 0.25) is 6.41 Å². The number of hydrogen-bond donors (Lipinski definition) is 3. The summed E-state index contributed by atoms with van der Waals surface area (Å²) in [5, 5.41) is 6.22. The van der Waals surface area contributed by atoms with E-state index in [1.807, 2.05) is 11.8 Å². The Hall–Kier alpha value is -2.64. The minimum atomic E-state index is -0.163. The van der Waals surface area contributed by atoms with Crippen molar-refractivity contribution < 1.29 is 9.59 Å². The quantitative estimate of drug-likeness (QED) is 0.679. The minimum absolute atomic E-state index is 0.163. The van der Waals surface area contributed by atoms with Gasteiger partial charge in [-0.2, -0.15) is 0 Å². The van der Waals surface area contributed by atoms with Gasteiger partial charge in [0, 0.05) is 37.8 Å². The normalized spacial score (nSPS) is 23.0. The number of nitrogens with zero attached hydrogens (tertiary/aromatic N) is 3. The van der Waals surface area contributed by atoms with Gasteiger partial charge < -0.3 is 20.5 Å². The highest BCUT2D eigenvalue weighted by molar-refractivity contribution is 6.04. The average molecular weight is 342 g/mol. The lowest BCUT2D eigenvalue weighted by molar-refractivity contribution is -0.117. The van der Waals surface area contributed by atoms with Gasteiger partial charge >= 0.3 is 0 Å². The molecule has 2 unspecified atom stereocenters. The molecule has 25 heavy (non-hydrogen) atoms. The molecule has 0 spiro atoms. The molecule has 1 saturated carbocycles. The Labute approximate surface area is 145 Å². The molecule has 0 radical (unpaired) electrons. The summed E-state index contributed by atoms with van der Waals surface area (Å²) in [4.78, 5) is 37.0. The summed E-state index contributed by atoms with van der Waals surface area (Å²) in [5.41, 5.74) is 1.64. The lowest BCUT2D eigenvalue weighted by Gasteiger charge is -2.19. The fourth-order valence-corrected chi connectivity index (χ4v) is 3.68. The fraction of sp³-hybridized carbons (Fsp3) is 0.529. The van der Waals surface area contributed by atoms with Crippen molar-refractivity contribution in [3.05, 3.63) is 18.0 Å². The molecule has 2 amide bonds. The predicted molar refractivity (Wildman–Crippen MR) is 93.2 cm³/mol. The first kappa shape index (κ1) is 15.9. The van der Waals surface area contributed by atoms with Crippen LogP contribution < -0.4 is 10.6 Å². The second kappa shape index (κ2) is 6.34. The Morgan fingerprint density at radius 3 is 3.00 bits per heavy atom. The van der Waals surface area contributed by atoms with Crippen molar-refractivity contribution in [1.82, 2.24) is 25.2 Å². The number of aromatic nitrogens is 3. The van der Waals surface area contributed by atoms with Crippen molar-refractivity contribution in [2.24, 2.45) is 11.8 Å². The zero-order valence-electron chi connectivity index (χ0n) is 14.2. The van der Waals surface area contributed by atoms with Crippen LogP contribution in [0, 0.1) is 11.8 Å². The average Bonchev–Trinajstić information content (AvgIpc) is 3.24. The summed E-state index contributed by atoms with van der Waals surface area (Å²) < 4.78 is 0. The molecule has 2 fully saturated rings. The standard InChI is InChI=1S/C17H22N6O2/c1-2-18-17(25)11-5-19-16-15(11)22-14(6-20-16)21-13-8-23(9-24)7-12(13)10-3-4-10/h5-6,9-10,12-13H,2-4,7-8H2,1H3,(H,18,25)(H,19,20)(H,21,22). The molecule has 132 valence electrons. The van der Waals surface area contributed by atoms with E-state index in [0.29, 0.717) is 47.5 Å². The van der Waals surface area contributed by atoms with Crippen molar-refractivity contribution >= 4 is 29.3 Å². The highest BCUT2D eigenvalue weighted by Crippen LogP contribution is 2.41. The van der Waals surface area contributed by atoms with Gasteiger partial charge in [-0.25, -0.2) is 9.97 Å². The first-order valence-corrected chi connectivity index (χ1v) is 8.77. The van der Waals surface area contributed by atoms with E-state index in [-0.39, 0.29) is 11.9 Å². The van der Waals surface area contributed by atoms with Crippen molar-refractivity contribution in [1.29, 1.82) is 0 Å². The summed E-state index contributed by atoms with van der Waals surface area (Å²) >= 11 is 0. The van der Waals surface area contributed by atoms with Crippen LogP contribution in [0.1, 0.15) is 30.1 Å². The van der Waals surface area contributed by atoms with Crippen LogP contribution in [0.5, 0.6) is 0 Å². The van der Waals surface area contributed by atoms with Crippen LogP contribution in [0.15, 0.2) is 12.4 Å². The number of hydrogen-bond acceptors (Lipinski definition) is 5. The maximum atomic E-state index is 12.1. The molecule has 8 nitrogen and oxygen atoms in total. The number of rotatable bonds is 6. The van der Waals surface area contributed by atoms with Crippen LogP contribution in [-0.4, -0.2) is 57.8 Å². The molecule has 3 heterocycles. The highest BCUT2D eigenvalue weighted by Gasteiger charge is 2.42. The molecule has 4 rings (SSSR count). The minimum Gasteiger partial charge on any atom is -0.364 e. The Morgan fingerprint density at radius 1 is 1.44 bits per heavy atom. The first-order chi connectivity index (χ1) is 12.2. The van der Waals surface area contributed by atoms with Crippen LogP contribution in [0.2, 0.25) is 0 Å². The van der Waals surface area contributed by atoms with E-state index >= 15 is 0 Å². The molecule has 8 heteroatoms. The van der Waals surface area contributed by atoms with Crippen molar-refractivity contribution in [2.75, 3.05) is 25.0 Å². The Balaban J connectivity index is 1.57. The van der Waals surface area contributed by atoms with Gasteiger partial charge in [0.1, 0.15) is 11.3 Å². The molecule has 2 aromatic heterocycles. The maximum absolute atomic E-state index is 12.1. The zero-order chi connectivity index (χ0) is 17.4. The van der Waals surface area contributed by atoms with E-state index in [4.69, 9.17) is 0 Å². The van der Waals surface area contributed by atoms with Crippen LogP contribution in [0.25, 0.3) is 11.2 Å². The molecule has 2 aromatic rings. The molecule has 3 N–H and O–H groups in total. The number of fused-ring (bicyclic) bond motifs is 1. The summed E-state index contributed by atoms with van der Waals surface area (Å²) in [5.74, 6) is 1.62.